The second-order valence-corrected chi connectivity index (χ2v) is 10.0. The molecule has 0 saturated heterocycles. The van der Waals surface area contributed by atoms with Gasteiger partial charge < -0.3 is 19.7 Å². The molecule has 0 radical (unpaired) electrons. The van der Waals surface area contributed by atoms with E-state index < -0.39 is 11.9 Å². The zero-order valence-corrected chi connectivity index (χ0v) is 23.1. The number of hydrogen-bond acceptors (Lipinski definition) is 5. The quantitative estimate of drug-likeness (QED) is 0.196. The molecular weight excluding hydrogens is 508 g/mol. The first-order valence-electron chi connectivity index (χ1n) is 12.1. The van der Waals surface area contributed by atoms with E-state index in [9.17, 15) is 14.4 Å². The number of halogens is 1. The van der Waals surface area contributed by atoms with Gasteiger partial charge in [-0.3, -0.25) is 19.8 Å². The minimum Gasteiger partial charge on any atom is -0.490 e. The van der Waals surface area contributed by atoms with Gasteiger partial charge in [-0.1, -0.05) is 39.0 Å². The lowest BCUT2D eigenvalue weighted by molar-refractivity contribution is 0.0728. The summed E-state index contributed by atoms with van der Waals surface area (Å²) in [6, 6.07) is 12.4. The highest BCUT2D eigenvalue weighted by atomic mass is 35.5. The van der Waals surface area contributed by atoms with Gasteiger partial charge in [0, 0.05) is 17.3 Å². The summed E-state index contributed by atoms with van der Waals surface area (Å²) in [5.41, 5.74) is 3.54. The molecule has 0 amide bonds. The Bertz CT molecular complexity index is 1480. The Labute approximate surface area is 226 Å². The molecule has 38 heavy (non-hydrogen) atoms. The third kappa shape index (κ3) is 5.62. The van der Waals surface area contributed by atoms with Crippen molar-refractivity contribution in [3.8, 4) is 11.5 Å². The number of H-pyrrole nitrogens is 4. The third-order valence-electron chi connectivity index (χ3n) is 6.39. The molecule has 0 aliphatic carbocycles. The normalized spacial score (nSPS) is 11.3. The minimum atomic E-state index is -0.682. The number of hydrogen-bond donors (Lipinski definition) is 4. The first-order chi connectivity index (χ1) is 17.5. The highest BCUT2D eigenvalue weighted by Gasteiger charge is 2.29. The number of aryl methyl sites for hydroxylation is 2. The average molecular weight is 541 g/mol. The van der Waals surface area contributed by atoms with Crippen molar-refractivity contribution in [2.75, 3.05) is 6.61 Å². The molecule has 0 unspecified atom stereocenters. The molecule has 4 N–H and O–H groups in total. The third-order valence-corrected chi connectivity index (χ3v) is 6.39. The molecule has 2 aromatic carbocycles. The summed E-state index contributed by atoms with van der Waals surface area (Å²) in [6.45, 7) is 12.0. The minimum absolute atomic E-state index is 0. The Balaban J connectivity index is 0.00000400. The summed E-state index contributed by atoms with van der Waals surface area (Å²) in [7, 11) is 0. The fourth-order valence-corrected chi connectivity index (χ4v) is 4.41. The molecular formula is C28H33ClN4O5. The van der Waals surface area contributed by atoms with E-state index in [1.54, 1.807) is 44.2 Å². The lowest BCUT2D eigenvalue weighted by Crippen LogP contribution is -2.20. The molecule has 4 rings (SSSR count). The van der Waals surface area contributed by atoms with Gasteiger partial charge >= 0.3 is 5.97 Å². The van der Waals surface area contributed by atoms with Gasteiger partial charge in [0.15, 0.2) is 11.5 Å². The van der Waals surface area contributed by atoms with Gasteiger partial charge in [0.2, 0.25) is 0 Å². The summed E-state index contributed by atoms with van der Waals surface area (Å²) in [4.78, 5) is 38.4. The van der Waals surface area contributed by atoms with Crippen LogP contribution in [-0.2, 0) is 5.41 Å². The number of carbonyl (C=O) groups is 1. The molecule has 2 aromatic heterocycles. The number of aromatic amines is 4. The SMILES string of the molecule is CCOc1cc(C(c2c(C)[nH][nH]c2=O)c2c(C)[nH][nH]c2=O)ccc1OC(=O)c1ccc(C(C)(C)C)cc1.Cl. The highest BCUT2D eigenvalue weighted by molar-refractivity contribution is 5.91. The molecule has 0 aliphatic heterocycles. The molecule has 2 heterocycles. The van der Waals surface area contributed by atoms with Gasteiger partial charge in [-0.2, -0.15) is 0 Å². The van der Waals surface area contributed by atoms with Crippen LogP contribution in [0.5, 0.6) is 11.5 Å². The van der Waals surface area contributed by atoms with Crippen molar-refractivity contribution in [1.82, 2.24) is 20.4 Å². The van der Waals surface area contributed by atoms with Crippen LogP contribution in [0, 0.1) is 13.8 Å². The van der Waals surface area contributed by atoms with Gasteiger partial charge in [0.25, 0.3) is 11.1 Å². The second kappa shape index (κ2) is 11.2. The topological polar surface area (TPSA) is 133 Å². The fraction of sp³-hybridized carbons (Fsp3) is 0.321. The lowest BCUT2D eigenvalue weighted by atomic mass is 9.85. The van der Waals surface area contributed by atoms with Crippen LogP contribution in [0.2, 0.25) is 0 Å². The molecule has 0 bridgehead atoms. The van der Waals surface area contributed by atoms with Crippen LogP contribution in [0.25, 0.3) is 0 Å². The number of benzene rings is 2. The maximum Gasteiger partial charge on any atom is 0.343 e. The first kappa shape index (κ1) is 28.6. The van der Waals surface area contributed by atoms with E-state index in [-0.39, 0.29) is 34.7 Å². The van der Waals surface area contributed by atoms with Crippen molar-refractivity contribution in [2.45, 2.75) is 52.9 Å². The summed E-state index contributed by atoms with van der Waals surface area (Å²) < 4.78 is 11.5. The summed E-state index contributed by atoms with van der Waals surface area (Å²) in [5, 5.41) is 10.9. The smallest absolute Gasteiger partial charge is 0.343 e. The number of esters is 1. The number of ether oxygens (including phenoxy) is 2. The Morgan fingerprint density at radius 2 is 1.39 bits per heavy atom. The van der Waals surface area contributed by atoms with Crippen molar-refractivity contribution >= 4 is 18.4 Å². The standard InChI is InChI=1S/C28H32N4O5.ClH/c1-7-36-21-14-18(24(22-15(2)29-31-25(22)33)23-16(3)30-32-26(23)34)10-13-20(21)37-27(35)17-8-11-19(12-9-17)28(4,5)6;/h8-14,24H,7H2,1-6H3,(H2,29,31,33)(H2,30,32,34);1H. The monoisotopic (exact) mass is 540 g/mol. The van der Waals surface area contributed by atoms with Crippen molar-refractivity contribution in [3.63, 3.8) is 0 Å². The van der Waals surface area contributed by atoms with Crippen LogP contribution < -0.4 is 20.6 Å². The van der Waals surface area contributed by atoms with E-state index in [0.29, 0.717) is 46.0 Å². The number of rotatable bonds is 7. The molecule has 4 aromatic rings. The van der Waals surface area contributed by atoms with Crippen molar-refractivity contribution in [1.29, 1.82) is 0 Å². The van der Waals surface area contributed by atoms with Crippen molar-refractivity contribution in [3.05, 3.63) is 102 Å². The van der Waals surface area contributed by atoms with Gasteiger partial charge in [0.05, 0.1) is 23.3 Å². The Kier molecular flexibility index (Phi) is 8.41. The number of aromatic nitrogens is 4. The Hall–Kier alpha value is -3.98. The van der Waals surface area contributed by atoms with E-state index in [0.717, 1.165) is 5.56 Å². The molecule has 0 atom stereocenters. The Morgan fingerprint density at radius 1 is 0.842 bits per heavy atom. The number of carbonyl (C=O) groups excluding carboxylic acids is 1. The van der Waals surface area contributed by atoms with Crippen LogP contribution in [0.1, 0.15) is 77.6 Å². The van der Waals surface area contributed by atoms with E-state index in [1.165, 1.54) is 0 Å². The Morgan fingerprint density at radius 3 is 1.84 bits per heavy atom. The van der Waals surface area contributed by atoms with Gasteiger partial charge in [-0.15, -0.1) is 12.4 Å². The highest BCUT2D eigenvalue weighted by Crippen LogP contribution is 2.37. The molecule has 0 saturated carbocycles. The van der Waals surface area contributed by atoms with Crippen LogP contribution in [0.15, 0.2) is 52.1 Å². The van der Waals surface area contributed by atoms with Gasteiger partial charge in [0.1, 0.15) is 0 Å². The molecule has 9 nitrogen and oxygen atoms in total. The first-order valence-corrected chi connectivity index (χ1v) is 12.1. The predicted molar refractivity (Wildman–Crippen MR) is 148 cm³/mol. The molecule has 0 spiro atoms. The van der Waals surface area contributed by atoms with Crippen LogP contribution in [0.3, 0.4) is 0 Å². The maximum absolute atomic E-state index is 12.9. The zero-order valence-electron chi connectivity index (χ0n) is 22.3. The van der Waals surface area contributed by atoms with E-state index in [4.69, 9.17) is 9.47 Å². The van der Waals surface area contributed by atoms with E-state index in [1.807, 2.05) is 19.1 Å². The molecule has 0 aliphatic rings. The summed E-state index contributed by atoms with van der Waals surface area (Å²) in [5.74, 6) is -0.618. The predicted octanol–water partition coefficient (Wildman–Crippen LogP) is 4.85. The van der Waals surface area contributed by atoms with E-state index >= 15 is 0 Å². The average Bonchev–Trinajstić information content (AvgIpc) is 3.36. The van der Waals surface area contributed by atoms with Crippen LogP contribution >= 0.6 is 12.4 Å². The molecule has 202 valence electrons. The van der Waals surface area contributed by atoms with Crippen LogP contribution in [-0.4, -0.2) is 33.0 Å². The maximum atomic E-state index is 12.9. The zero-order chi connectivity index (χ0) is 26.9. The fourth-order valence-electron chi connectivity index (χ4n) is 4.41. The second-order valence-electron chi connectivity index (χ2n) is 10.0. The van der Waals surface area contributed by atoms with Crippen molar-refractivity contribution in [2.24, 2.45) is 0 Å². The van der Waals surface area contributed by atoms with Gasteiger partial charge in [-0.25, -0.2) is 4.79 Å². The lowest BCUT2D eigenvalue weighted by Gasteiger charge is -2.19. The summed E-state index contributed by atoms with van der Waals surface area (Å²) >= 11 is 0. The largest absolute Gasteiger partial charge is 0.490 e. The molecule has 10 heteroatoms. The molecule has 0 fully saturated rings. The summed E-state index contributed by atoms with van der Waals surface area (Å²) in [6.07, 6.45) is 0. The van der Waals surface area contributed by atoms with Crippen LogP contribution in [0.4, 0.5) is 0 Å². The number of nitrogens with one attached hydrogen (secondary N) is 4. The van der Waals surface area contributed by atoms with Gasteiger partial charge in [-0.05, 0) is 61.6 Å². The van der Waals surface area contributed by atoms with Crippen molar-refractivity contribution < 1.29 is 14.3 Å². The van der Waals surface area contributed by atoms with E-state index in [2.05, 4.69) is 41.2 Å².